The van der Waals surface area contributed by atoms with Crippen molar-refractivity contribution in [3.8, 4) is 11.4 Å². The van der Waals surface area contributed by atoms with E-state index in [4.69, 9.17) is 4.74 Å². The molecule has 1 heterocycles. The molecule has 0 amide bonds. The number of methoxy groups -OCH3 is 1. The molecule has 0 saturated carbocycles. The van der Waals surface area contributed by atoms with Gasteiger partial charge in [-0.05, 0) is 18.2 Å². The van der Waals surface area contributed by atoms with E-state index in [2.05, 4.69) is 14.7 Å². The van der Waals surface area contributed by atoms with Crippen LogP contribution in [0, 0.1) is 5.82 Å². The van der Waals surface area contributed by atoms with Gasteiger partial charge < -0.3 is 10.1 Å². The Balaban J connectivity index is 2.30. The van der Waals surface area contributed by atoms with E-state index in [1.165, 1.54) is 7.11 Å². The number of rotatable bonds is 5. The van der Waals surface area contributed by atoms with Gasteiger partial charge in [0.15, 0.2) is 5.82 Å². The van der Waals surface area contributed by atoms with Gasteiger partial charge in [0.1, 0.15) is 5.82 Å². The Kier molecular flexibility index (Phi) is 4.73. The third kappa shape index (κ3) is 3.88. The van der Waals surface area contributed by atoms with E-state index in [9.17, 15) is 17.6 Å². The van der Waals surface area contributed by atoms with Crippen molar-refractivity contribution in [2.75, 3.05) is 25.6 Å². The van der Waals surface area contributed by atoms with Crippen molar-refractivity contribution in [2.24, 2.45) is 0 Å². The van der Waals surface area contributed by atoms with E-state index >= 15 is 0 Å². The molecule has 0 unspecified atom stereocenters. The molecular weight excluding hydrogens is 310 g/mol. The third-order valence-corrected chi connectivity index (χ3v) is 3.21. The summed E-state index contributed by atoms with van der Waals surface area (Å²) in [4.78, 5) is 3.97. The van der Waals surface area contributed by atoms with E-state index in [-0.39, 0.29) is 11.4 Å². The molecular formula is C12H11F4N3OS. The number of hydrogen-bond donors (Lipinski definition) is 1. The number of halogens is 4. The van der Waals surface area contributed by atoms with Crippen LogP contribution in [0.1, 0.15) is 5.56 Å². The van der Waals surface area contributed by atoms with Crippen LogP contribution in [0.5, 0.6) is 0 Å². The van der Waals surface area contributed by atoms with Gasteiger partial charge in [-0.15, -0.1) is 0 Å². The van der Waals surface area contributed by atoms with Gasteiger partial charge in [-0.3, -0.25) is 0 Å². The quantitative estimate of drug-likeness (QED) is 0.677. The highest BCUT2D eigenvalue weighted by Gasteiger charge is 2.35. The second kappa shape index (κ2) is 6.35. The molecule has 0 bridgehead atoms. The molecule has 114 valence electrons. The molecule has 1 N–H and O–H groups in total. The third-order valence-electron chi connectivity index (χ3n) is 2.54. The van der Waals surface area contributed by atoms with Crippen LogP contribution >= 0.6 is 11.5 Å². The number of benzene rings is 1. The van der Waals surface area contributed by atoms with Gasteiger partial charge in [-0.2, -0.15) is 22.5 Å². The second-order valence-electron chi connectivity index (χ2n) is 4.03. The van der Waals surface area contributed by atoms with Crippen molar-refractivity contribution in [2.45, 2.75) is 6.18 Å². The maximum atomic E-state index is 13.0. The number of aromatic nitrogens is 2. The van der Waals surface area contributed by atoms with E-state index in [0.29, 0.717) is 24.3 Å². The minimum Gasteiger partial charge on any atom is -0.383 e. The highest BCUT2D eigenvalue weighted by molar-refractivity contribution is 7.09. The van der Waals surface area contributed by atoms with Crippen LogP contribution in [0.2, 0.25) is 0 Å². The molecule has 1 aromatic heterocycles. The van der Waals surface area contributed by atoms with Gasteiger partial charge >= 0.3 is 6.18 Å². The first-order valence-electron chi connectivity index (χ1n) is 5.85. The summed E-state index contributed by atoms with van der Waals surface area (Å²) in [6.07, 6.45) is -4.67. The standard InChI is InChI=1S/C12H11F4N3OS/c1-20-5-4-17-11-18-10(19-21-11)8-3-2-7(13)6-9(8)12(14,15)16/h2-3,6H,4-5H2,1H3,(H,17,18,19). The van der Waals surface area contributed by atoms with Crippen molar-refractivity contribution in [3.63, 3.8) is 0 Å². The fraction of sp³-hybridized carbons (Fsp3) is 0.333. The van der Waals surface area contributed by atoms with Gasteiger partial charge in [0, 0.05) is 30.8 Å². The largest absolute Gasteiger partial charge is 0.417 e. The van der Waals surface area contributed by atoms with Crippen LogP contribution < -0.4 is 5.32 Å². The Labute approximate surface area is 121 Å². The molecule has 0 aliphatic carbocycles. The summed E-state index contributed by atoms with van der Waals surface area (Å²) >= 11 is 0.929. The number of hydrogen-bond acceptors (Lipinski definition) is 5. The molecule has 0 aliphatic rings. The Bertz CT molecular complexity index is 615. The summed E-state index contributed by atoms with van der Waals surface area (Å²) in [7, 11) is 1.53. The van der Waals surface area contributed by atoms with Crippen LogP contribution in [0.25, 0.3) is 11.4 Å². The molecule has 0 radical (unpaired) electrons. The van der Waals surface area contributed by atoms with Gasteiger partial charge in [0.2, 0.25) is 5.13 Å². The summed E-state index contributed by atoms with van der Waals surface area (Å²) in [6.45, 7) is 0.889. The van der Waals surface area contributed by atoms with Crippen molar-refractivity contribution in [1.29, 1.82) is 0 Å². The fourth-order valence-corrected chi connectivity index (χ4v) is 2.22. The molecule has 0 fully saturated rings. The lowest BCUT2D eigenvalue weighted by atomic mass is 10.1. The van der Waals surface area contributed by atoms with Crippen molar-refractivity contribution in [3.05, 3.63) is 29.6 Å². The highest BCUT2D eigenvalue weighted by atomic mass is 32.1. The van der Waals surface area contributed by atoms with Crippen molar-refractivity contribution >= 4 is 16.7 Å². The molecule has 2 rings (SSSR count). The second-order valence-corrected chi connectivity index (χ2v) is 4.78. The minimum atomic E-state index is -4.67. The average molecular weight is 321 g/mol. The number of anilines is 1. The lowest BCUT2D eigenvalue weighted by Gasteiger charge is -2.10. The van der Waals surface area contributed by atoms with Gasteiger partial charge in [0.25, 0.3) is 0 Å². The summed E-state index contributed by atoms with van der Waals surface area (Å²) in [5.41, 5.74) is -1.34. The summed E-state index contributed by atoms with van der Waals surface area (Å²) < 4.78 is 60.5. The van der Waals surface area contributed by atoms with Crippen LogP contribution in [-0.4, -0.2) is 29.6 Å². The van der Waals surface area contributed by atoms with Crippen LogP contribution in [0.4, 0.5) is 22.7 Å². The minimum absolute atomic E-state index is 0.0905. The number of ether oxygens (including phenoxy) is 1. The fourth-order valence-electron chi connectivity index (χ4n) is 1.61. The first-order chi connectivity index (χ1) is 9.91. The predicted molar refractivity (Wildman–Crippen MR) is 70.7 cm³/mol. The molecule has 0 aliphatic heterocycles. The number of nitrogens with one attached hydrogen (secondary N) is 1. The first-order valence-corrected chi connectivity index (χ1v) is 6.63. The van der Waals surface area contributed by atoms with E-state index in [1.54, 1.807) is 0 Å². The van der Waals surface area contributed by atoms with Crippen molar-refractivity contribution in [1.82, 2.24) is 9.36 Å². The molecule has 0 atom stereocenters. The molecule has 9 heteroatoms. The average Bonchev–Trinajstić information content (AvgIpc) is 2.87. The topological polar surface area (TPSA) is 47.0 Å². The van der Waals surface area contributed by atoms with Gasteiger partial charge in [-0.25, -0.2) is 4.39 Å². The normalized spacial score (nSPS) is 11.7. The summed E-state index contributed by atoms with van der Waals surface area (Å²) in [5, 5.41) is 3.24. The Hall–Kier alpha value is -1.74. The SMILES string of the molecule is COCCNc1nc(-c2ccc(F)cc2C(F)(F)F)ns1. The van der Waals surface area contributed by atoms with Crippen molar-refractivity contribution < 1.29 is 22.3 Å². The zero-order chi connectivity index (χ0) is 15.5. The van der Waals surface area contributed by atoms with E-state index in [0.717, 1.165) is 23.7 Å². The summed E-state index contributed by atoms with van der Waals surface area (Å²) in [6, 6.07) is 2.41. The first kappa shape index (κ1) is 15.6. The molecule has 21 heavy (non-hydrogen) atoms. The smallest absolute Gasteiger partial charge is 0.383 e. The Morgan fingerprint density at radius 1 is 1.33 bits per heavy atom. The monoisotopic (exact) mass is 321 g/mol. The maximum Gasteiger partial charge on any atom is 0.417 e. The Morgan fingerprint density at radius 3 is 2.76 bits per heavy atom. The van der Waals surface area contributed by atoms with Crippen LogP contribution in [-0.2, 0) is 10.9 Å². The van der Waals surface area contributed by atoms with E-state index in [1.807, 2.05) is 0 Å². The lowest BCUT2D eigenvalue weighted by Crippen LogP contribution is -2.09. The van der Waals surface area contributed by atoms with Crippen LogP contribution in [0.3, 0.4) is 0 Å². The lowest BCUT2D eigenvalue weighted by molar-refractivity contribution is -0.137. The maximum absolute atomic E-state index is 13.0. The zero-order valence-electron chi connectivity index (χ0n) is 10.9. The predicted octanol–water partition coefficient (Wildman–Crippen LogP) is 3.42. The number of alkyl halides is 3. The molecule has 2 aromatic rings. The van der Waals surface area contributed by atoms with Gasteiger partial charge in [-0.1, -0.05) is 0 Å². The summed E-state index contributed by atoms with van der Waals surface area (Å²) in [5.74, 6) is -1.05. The zero-order valence-corrected chi connectivity index (χ0v) is 11.7. The van der Waals surface area contributed by atoms with Crippen LogP contribution in [0.15, 0.2) is 18.2 Å². The number of nitrogens with zero attached hydrogens (tertiary/aromatic N) is 2. The molecule has 4 nitrogen and oxygen atoms in total. The molecule has 1 aromatic carbocycles. The highest BCUT2D eigenvalue weighted by Crippen LogP contribution is 2.37. The molecule has 0 spiro atoms. The molecule has 0 saturated heterocycles. The van der Waals surface area contributed by atoms with E-state index < -0.39 is 17.6 Å². The Morgan fingerprint density at radius 2 is 2.10 bits per heavy atom. The van der Waals surface area contributed by atoms with Gasteiger partial charge in [0.05, 0.1) is 12.2 Å².